The summed E-state index contributed by atoms with van der Waals surface area (Å²) in [4.78, 5) is 43.4. The molecule has 2 aromatic rings. The smallest absolute Gasteiger partial charge is 0.262 e. The highest BCUT2D eigenvalue weighted by molar-refractivity contribution is 6.01. The number of nitrogens with one attached hydrogen (secondary N) is 1. The standard InChI is InChI=1S/C23H28N4O4/c1-15(2)23-24-8-12-27(23)11-7-21(29)26-9-5-16(6-10-26)22(30)17-3-4-19-18(13-17)25-20(28)14-31-19/h3-4,8,12-13,15-16H,5-7,9-11,14H2,1-2H3,(H,25,28). The van der Waals surface area contributed by atoms with Gasteiger partial charge >= 0.3 is 0 Å². The number of anilines is 1. The first-order chi connectivity index (χ1) is 14.9. The van der Waals surface area contributed by atoms with Crippen molar-refractivity contribution >= 4 is 23.3 Å². The van der Waals surface area contributed by atoms with Gasteiger partial charge in [-0.25, -0.2) is 4.98 Å². The minimum absolute atomic E-state index is 0.00753. The van der Waals surface area contributed by atoms with Gasteiger partial charge in [0.05, 0.1) is 5.69 Å². The summed E-state index contributed by atoms with van der Waals surface area (Å²) in [5, 5.41) is 2.74. The zero-order valence-electron chi connectivity index (χ0n) is 18.0. The molecule has 8 nitrogen and oxygen atoms in total. The van der Waals surface area contributed by atoms with Crippen molar-refractivity contribution in [3.63, 3.8) is 0 Å². The van der Waals surface area contributed by atoms with Gasteiger partial charge < -0.3 is 19.5 Å². The van der Waals surface area contributed by atoms with E-state index in [2.05, 4.69) is 24.1 Å². The number of piperidine rings is 1. The number of carbonyl (C=O) groups excluding carboxylic acids is 3. The Morgan fingerprint density at radius 1 is 1.26 bits per heavy atom. The van der Waals surface area contributed by atoms with Crippen LogP contribution in [0, 0.1) is 5.92 Å². The van der Waals surface area contributed by atoms with Crippen LogP contribution in [0.5, 0.6) is 5.75 Å². The maximum absolute atomic E-state index is 13.0. The van der Waals surface area contributed by atoms with E-state index in [0.29, 0.717) is 61.8 Å². The average Bonchev–Trinajstić information content (AvgIpc) is 3.25. The first-order valence-corrected chi connectivity index (χ1v) is 10.8. The van der Waals surface area contributed by atoms with Crippen LogP contribution >= 0.6 is 0 Å². The number of hydrogen-bond acceptors (Lipinski definition) is 5. The summed E-state index contributed by atoms with van der Waals surface area (Å²) in [7, 11) is 0. The average molecular weight is 425 g/mol. The number of benzene rings is 1. The van der Waals surface area contributed by atoms with Gasteiger partial charge in [-0.1, -0.05) is 13.8 Å². The van der Waals surface area contributed by atoms with Crippen LogP contribution in [0.2, 0.25) is 0 Å². The molecule has 0 unspecified atom stereocenters. The number of carbonyl (C=O) groups is 3. The van der Waals surface area contributed by atoms with Crippen LogP contribution in [0.4, 0.5) is 5.69 Å². The molecule has 31 heavy (non-hydrogen) atoms. The molecule has 0 radical (unpaired) electrons. The second-order valence-corrected chi connectivity index (χ2v) is 8.45. The Bertz CT molecular complexity index is 989. The fraction of sp³-hybridized carbons (Fsp3) is 0.478. The zero-order valence-corrected chi connectivity index (χ0v) is 18.0. The monoisotopic (exact) mass is 424 g/mol. The van der Waals surface area contributed by atoms with E-state index in [9.17, 15) is 14.4 Å². The predicted molar refractivity (Wildman–Crippen MR) is 115 cm³/mol. The molecule has 1 saturated heterocycles. The van der Waals surface area contributed by atoms with Gasteiger partial charge in [0.25, 0.3) is 5.91 Å². The molecule has 2 aliphatic heterocycles. The van der Waals surface area contributed by atoms with Gasteiger partial charge in [-0.05, 0) is 31.0 Å². The molecular formula is C23H28N4O4. The quantitative estimate of drug-likeness (QED) is 0.720. The van der Waals surface area contributed by atoms with Crippen LogP contribution in [-0.4, -0.2) is 51.7 Å². The van der Waals surface area contributed by atoms with E-state index in [1.54, 1.807) is 24.4 Å². The fourth-order valence-electron chi connectivity index (χ4n) is 4.25. The lowest BCUT2D eigenvalue weighted by atomic mass is 9.88. The zero-order chi connectivity index (χ0) is 22.0. The van der Waals surface area contributed by atoms with Crippen LogP contribution in [0.3, 0.4) is 0 Å². The molecule has 0 atom stereocenters. The number of amides is 2. The summed E-state index contributed by atoms with van der Waals surface area (Å²) in [6.07, 6.45) is 5.41. The third-order valence-electron chi connectivity index (χ3n) is 5.95. The number of imidazole rings is 1. The summed E-state index contributed by atoms with van der Waals surface area (Å²) >= 11 is 0. The van der Waals surface area contributed by atoms with Gasteiger partial charge in [0.2, 0.25) is 5.91 Å². The van der Waals surface area contributed by atoms with Gasteiger partial charge in [0.15, 0.2) is 12.4 Å². The van der Waals surface area contributed by atoms with Gasteiger partial charge in [-0.2, -0.15) is 0 Å². The number of fused-ring (bicyclic) bond motifs is 1. The Hall–Kier alpha value is -3.16. The van der Waals surface area contributed by atoms with E-state index in [1.165, 1.54) is 0 Å². The topological polar surface area (TPSA) is 93.5 Å². The third kappa shape index (κ3) is 4.62. The number of nitrogens with zero attached hydrogens (tertiary/aromatic N) is 3. The molecule has 3 heterocycles. The van der Waals surface area contributed by atoms with Gasteiger partial charge in [-0.3, -0.25) is 14.4 Å². The molecule has 164 valence electrons. The molecule has 1 aromatic heterocycles. The first kappa shape index (κ1) is 21.1. The molecule has 0 saturated carbocycles. The Morgan fingerprint density at radius 3 is 2.77 bits per heavy atom. The highest BCUT2D eigenvalue weighted by Crippen LogP contribution is 2.31. The minimum atomic E-state index is -0.222. The number of Topliss-reactive ketones (excluding diaryl/α,β-unsaturated/α-hetero) is 1. The molecular weight excluding hydrogens is 396 g/mol. The summed E-state index contributed by atoms with van der Waals surface area (Å²) < 4.78 is 7.39. The van der Waals surface area contributed by atoms with Crippen molar-refractivity contribution < 1.29 is 19.1 Å². The maximum atomic E-state index is 13.0. The lowest BCUT2D eigenvalue weighted by molar-refractivity contribution is -0.132. The number of ether oxygens (including phenoxy) is 1. The van der Waals surface area contributed by atoms with Crippen LogP contribution in [0.1, 0.15) is 55.2 Å². The molecule has 8 heteroatoms. The predicted octanol–water partition coefficient (Wildman–Crippen LogP) is 2.85. The second kappa shape index (κ2) is 8.91. The van der Waals surface area contributed by atoms with Crippen LogP contribution in [0.15, 0.2) is 30.6 Å². The molecule has 1 fully saturated rings. The van der Waals surface area contributed by atoms with E-state index in [4.69, 9.17) is 4.74 Å². The molecule has 1 N–H and O–H groups in total. The lowest BCUT2D eigenvalue weighted by Crippen LogP contribution is -2.40. The summed E-state index contributed by atoms with van der Waals surface area (Å²) in [5.74, 6) is 1.70. The third-order valence-corrected chi connectivity index (χ3v) is 5.95. The van der Waals surface area contributed by atoms with Crippen molar-refractivity contribution in [2.75, 3.05) is 25.0 Å². The van der Waals surface area contributed by atoms with E-state index in [-0.39, 0.29) is 30.1 Å². The van der Waals surface area contributed by atoms with Crippen LogP contribution in [-0.2, 0) is 16.1 Å². The highest BCUT2D eigenvalue weighted by Gasteiger charge is 2.29. The Labute approximate surface area is 181 Å². The minimum Gasteiger partial charge on any atom is -0.482 e. The van der Waals surface area contributed by atoms with Gasteiger partial charge in [0, 0.05) is 55.8 Å². The van der Waals surface area contributed by atoms with E-state index in [0.717, 1.165) is 5.82 Å². The van der Waals surface area contributed by atoms with Crippen molar-refractivity contribution in [2.24, 2.45) is 5.92 Å². The number of hydrogen-bond donors (Lipinski definition) is 1. The lowest BCUT2D eigenvalue weighted by Gasteiger charge is -2.31. The number of aryl methyl sites for hydroxylation is 1. The Kier molecular flexibility index (Phi) is 6.06. The molecule has 0 aliphatic carbocycles. The summed E-state index contributed by atoms with van der Waals surface area (Å²) in [6.45, 7) is 5.96. The Balaban J connectivity index is 1.30. The van der Waals surface area contributed by atoms with Crippen molar-refractivity contribution in [3.05, 3.63) is 42.0 Å². The molecule has 2 aliphatic rings. The van der Waals surface area contributed by atoms with E-state index in [1.807, 2.05) is 15.7 Å². The van der Waals surface area contributed by atoms with Crippen LogP contribution in [0.25, 0.3) is 0 Å². The largest absolute Gasteiger partial charge is 0.482 e. The number of likely N-dealkylation sites (tertiary alicyclic amines) is 1. The molecule has 0 spiro atoms. The second-order valence-electron chi connectivity index (χ2n) is 8.45. The van der Waals surface area contributed by atoms with E-state index < -0.39 is 0 Å². The number of ketones is 1. The molecule has 1 aromatic carbocycles. The number of rotatable bonds is 6. The molecule has 4 rings (SSSR count). The number of aromatic nitrogens is 2. The highest BCUT2D eigenvalue weighted by atomic mass is 16.5. The molecule has 0 bridgehead atoms. The van der Waals surface area contributed by atoms with Gasteiger partial charge in [-0.15, -0.1) is 0 Å². The van der Waals surface area contributed by atoms with Crippen molar-refractivity contribution in [2.45, 2.75) is 45.6 Å². The van der Waals surface area contributed by atoms with Crippen molar-refractivity contribution in [3.8, 4) is 5.75 Å². The maximum Gasteiger partial charge on any atom is 0.262 e. The summed E-state index contributed by atoms with van der Waals surface area (Å²) in [5.41, 5.74) is 1.10. The van der Waals surface area contributed by atoms with E-state index >= 15 is 0 Å². The first-order valence-electron chi connectivity index (χ1n) is 10.8. The van der Waals surface area contributed by atoms with Crippen molar-refractivity contribution in [1.29, 1.82) is 0 Å². The summed E-state index contributed by atoms with van der Waals surface area (Å²) in [6, 6.07) is 5.15. The van der Waals surface area contributed by atoms with Gasteiger partial charge in [0.1, 0.15) is 11.6 Å². The Morgan fingerprint density at radius 2 is 2.03 bits per heavy atom. The normalized spacial score (nSPS) is 16.6. The SMILES string of the molecule is CC(C)c1nccn1CCC(=O)N1CCC(C(=O)c2ccc3c(c2)NC(=O)CO3)CC1. The van der Waals surface area contributed by atoms with Crippen LogP contribution < -0.4 is 10.1 Å². The molecule has 2 amide bonds. The fourth-order valence-corrected chi connectivity index (χ4v) is 4.25. The van der Waals surface area contributed by atoms with Crippen molar-refractivity contribution in [1.82, 2.24) is 14.5 Å².